The van der Waals surface area contributed by atoms with E-state index >= 15 is 0 Å². The van der Waals surface area contributed by atoms with Gasteiger partial charge >= 0.3 is 0 Å². The van der Waals surface area contributed by atoms with Gasteiger partial charge in [0.05, 0.1) is 15.8 Å². The molecule has 200 valence electrons. The lowest BCUT2D eigenvalue weighted by molar-refractivity contribution is -0.139. The largest absolute Gasteiger partial charge is 0.352 e. The molecule has 0 aliphatic heterocycles. The summed E-state index contributed by atoms with van der Waals surface area (Å²) < 4.78 is 0.969. The summed E-state index contributed by atoms with van der Waals surface area (Å²) in [5.41, 5.74) is 3.00. The molecule has 0 radical (unpaired) electrons. The van der Waals surface area contributed by atoms with Crippen molar-refractivity contribution in [3.63, 3.8) is 0 Å². The third-order valence-corrected chi connectivity index (χ3v) is 8.97. The van der Waals surface area contributed by atoms with Gasteiger partial charge in [-0.2, -0.15) is 0 Å². The van der Waals surface area contributed by atoms with Gasteiger partial charge < -0.3 is 10.2 Å². The number of nitrogens with one attached hydrogen (secondary N) is 1. The fraction of sp³-hybridized carbons (Fsp3) is 0.333. The lowest BCUT2D eigenvalue weighted by Gasteiger charge is -2.32. The number of hydrogen-bond acceptors (Lipinski definition) is 3. The Morgan fingerprint density at radius 1 is 0.921 bits per heavy atom. The number of thioether (sulfide) groups is 1. The molecule has 1 atom stereocenters. The Balaban J connectivity index is 1.55. The van der Waals surface area contributed by atoms with Crippen LogP contribution in [-0.2, 0) is 28.3 Å². The molecule has 0 heterocycles. The zero-order valence-electron chi connectivity index (χ0n) is 21.0. The van der Waals surface area contributed by atoms with E-state index in [0.717, 1.165) is 46.8 Å². The van der Waals surface area contributed by atoms with Crippen LogP contribution in [-0.4, -0.2) is 34.6 Å². The van der Waals surface area contributed by atoms with Gasteiger partial charge in [-0.25, -0.2) is 0 Å². The topological polar surface area (TPSA) is 49.4 Å². The Morgan fingerprint density at radius 2 is 1.61 bits per heavy atom. The predicted octanol–water partition coefficient (Wildman–Crippen LogP) is 7.69. The van der Waals surface area contributed by atoms with E-state index in [-0.39, 0.29) is 23.6 Å². The molecule has 2 amide bonds. The standard InChI is InChI=1S/C30H31BrCl2N2O2S/c31-24-13-10-22(11-14-24)18-35(29(36)20-38-19-23-12-15-26(32)27(33)16-23)28(17-21-6-2-1-3-7-21)30(37)34-25-8-4-5-9-25/h1-3,6-7,10-16,25,28H,4-5,8-9,17-20H2,(H,34,37)/t28-/m1/s1. The van der Waals surface area contributed by atoms with E-state index in [1.807, 2.05) is 66.7 Å². The van der Waals surface area contributed by atoms with Crippen molar-refractivity contribution in [2.24, 2.45) is 0 Å². The van der Waals surface area contributed by atoms with Crippen molar-refractivity contribution in [3.8, 4) is 0 Å². The Labute approximate surface area is 247 Å². The van der Waals surface area contributed by atoms with Crippen molar-refractivity contribution < 1.29 is 9.59 Å². The first-order valence-corrected chi connectivity index (χ1v) is 15.5. The Bertz CT molecular complexity index is 1220. The molecule has 1 saturated carbocycles. The Kier molecular flexibility index (Phi) is 11.0. The van der Waals surface area contributed by atoms with Gasteiger partial charge in [-0.3, -0.25) is 9.59 Å². The molecule has 0 unspecified atom stereocenters. The molecule has 1 N–H and O–H groups in total. The Hall–Kier alpha value is -1.99. The van der Waals surface area contributed by atoms with Crippen LogP contribution in [0, 0.1) is 0 Å². The maximum atomic E-state index is 13.8. The highest BCUT2D eigenvalue weighted by atomic mass is 79.9. The smallest absolute Gasteiger partial charge is 0.243 e. The van der Waals surface area contributed by atoms with Gasteiger partial charge in [0.1, 0.15) is 6.04 Å². The first kappa shape index (κ1) is 29.0. The summed E-state index contributed by atoms with van der Waals surface area (Å²) in [5.74, 6) is 0.715. The van der Waals surface area contributed by atoms with Crippen LogP contribution in [0.25, 0.3) is 0 Å². The molecule has 3 aromatic rings. The summed E-state index contributed by atoms with van der Waals surface area (Å²) >= 11 is 17.2. The maximum Gasteiger partial charge on any atom is 0.243 e. The lowest BCUT2D eigenvalue weighted by Crippen LogP contribution is -2.52. The summed E-state index contributed by atoms with van der Waals surface area (Å²) in [6, 6.07) is 22.9. The third-order valence-electron chi connectivity index (χ3n) is 6.72. The Morgan fingerprint density at radius 3 is 2.29 bits per heavy atom. The number of carbonyl (C=O) groups excluding carboxylic acids is 2. The average molecular weight is 634 g/mol. The quantitative estimate of drug-likeness (QED) is 0.236. The second kappa shape index (κ2) is 14.4. The van der Waals surface area contributed by atoms with E-state index in [0.29, 0.717) is 28.8 Å². The lowest BCUT2D eigenvalue weighted by atomic mass is 10.0. The van der Waals surface area contributed by atoms with E-state index < -0.39 is 6.04 Å². The molecule has 0 aromatic heterocycles. The molecular weight excluding hydrogens is 603 g/mol. The van der Waals surface area contributed by atoms with Crippen molar-refractivity contribution in [1.82, 2.24) is 10.2 Å². The van der Waals surface area contributed by atoms with Crippen LogP contribution in [0.4, 0.5) is 0 Å². The van der Waals surface area contributed by atoms with E-state index in [1.165, 1.54) is 11.8 Å². The van der Waals surface area contributed by atoms with E-state index in [2.05, 4.69) is 21.2 Å². The molecule has 4 rings (SSSR count). The minimum atomic E-state index is -0.611. The van der Waals surface area contributed by atoms with Crippen LogP contribution >= 0.6 is 50.9 Å². The van der Waals surface area contributed by atoms with Crippen LogP contribution < -0.4 is 5.32 Å². The average Bonchev–Trinajstić information content (AvgIpc) is 3.43. The molecule has 0 saturated heterocycles. The van der Waals surface area contributed by atoms with Gasteiger partial charge in [-0.15, -0.1) is 11.8 Å². The van der Waals surface area contributed by atoms with E-state index in [1.54, 1.807) is 11.0 Å². The van der Waals surface area contributed by atoms with Crippen LogP contribution in [0.2, 0.25) is 10.0 Å². The molecule has 1 aliphatic carbocycles. The first-order valence-electron chi connectivity index (χ1n) is 12.8. The van der Waals surface area contributed by atoms with Crippen LogP contribution in [0.3, 0.4) is 0 Å². The monoisotopic (exact) mass is 632 g/mol. The second-order valence-electron chi connectivity index (χ2n) is 9.58. The van der Waals surface area contributed by atoms with Crippen LogP contribution in [0.5, 0.6) is 0 Å². The van der Waals surface area contributed by atoms with Crippen LogP contribution in [0.15, 0.2) is 77.3 Å². The second-order valence-corrected chi connectivity index (χ2v) is 12.3. The van der Waals surface area contributed by atoms with Gasteiger partial charge in [0.2, 0.25) is 11.8 Å². The molecule has 4 nitrogen and oxygen atoms in total. The van der Waals surface area contributed by atoms with E-state index in [9.17, 15) is 9.59 Å². The summed E-state index contributed by atoms with van der Waals surface area (Å²) in [6.07, 6.45) is 4.69. The first-order chi connectivity index (χ1) is 18.4. The van der Waals surface area contributed by atoms with Crippen molar-refractivity contribution >= 4 is 62.7 Å². The number of carbonyl (C=O) groups is 2. The molecule has 0 bridgehead atoms. The fourth-order valence-corrected chi connectivity index (χ4v) is 6.12. The summed E-state index contributed by atoms with van der Waals surface area (Å²) in [4.78, 5) is 29.2. The van der Waals surface area contributed by atoms with Crippen molar-refractivity contribution in [3.05, 3.63) is 104 Å². The highest BCUT2D eigenvalue weighted by Gasteiger charge is 2.32. The van der Waals surface area contributed by atoms with E-state index in [4.69, 9.17) is 23.2 Å². The van der Waals surface area contributed by atoms with Crippen molar-refractivity contribution in [1.29, 1.82) is 0 Å². The molecule has 1 aliphatic rings. The summed E-state index contributed by atoms with van der Waals surface area (Å²) in [6.45, 7) is 0.356. The summed E-state index contributed by atoms with van der Waals surface area (Å²) in [5, 5.41) is 4.26. The van der Waals surface area contributed by atoms with Crippen molar-refractivity contribution in [2.75, 3.05) is 5.75 Å². The highest BCUT2D eigenvalue weighted by molar-refractivity contribution is 9.10. The predicted molar refractivity (Wildman–Crippen MR) is 162 cm³/mol. The number of nitrogens with zero attached hydrogens (tertiary/aromatic N) is 1. The van der Waals surface area contributed by atoms with Crippen molar-refractivity contribution in [2.45, 2.75) is 56.5 Å². The fourth-order valence-electron chi connectivity index (χ4n) is 4.68. The molecule has 8 heteroatoms. The molecular formula is C30H31BrCl2N2O2S. The minimum absolute atomic E-state index is 0.0690. The number of amides is 2. The zero-order chi connectivity index (χ0) is 26.9. The molecule has 1 fully saturated rings. The SMILES string of the molecule is O=C(NC1CCCC1)[C@@H](Cc1ccccc1)N(Cc1ccc(Br)cc1)C(=O)CSCc1ccc(Cl)c(Cl)c1. The summed E-state index contributed by atoms with van der Waals surface area (Å²) in [7, 11) is 0. The van der Waals surface area contributed by atoms with Gasteiger partial charge in [0.25, 0.3) is 0 Å². The van der Waals surface area contributed by atoms with Gasteiger partial charge in [0, 0.05) is 29.2 Å². The van der Waals surface area contributed by atoms with Crippen LogP contribution in [0.1, 0.15) is 42.4 Å². The molecule has 38 heavy (non-hydrogen) atoms. The number of rotatable bonds is 11. The minimum Gasteiger partial charge on any atom is -0.352 e. The number of halogens is 3. The van der Waals surface area contributed by atoms with Gasteiger partial charge in [-0.1, -0.05) is 101 Å². The number of hydrogen-bond donors (Lipinski definition) is 1. The highest BCUT2D eigenvalue weighted by Crippen LogP contribution is 2.26. The van der Waals surface area contributed by atoms with Gasteiger partial charge in [0.15, 0.2) is 0 Å². The van der Waals surface area contributed by atoms with Gasteiger partial charge in [-0.05, 0) is 53.8 Å². The maximum absolute atomic E-state index is 13.8. The molecule has 3 aromatic carbocycles. The number of benzene rings is 3. The molecule has 0 spiro atoms. The normalized spacial score (nSPS) is 14.3. The third kappa shape index (κ3) is 8.51. The zero-order valence-corrected chi connectivity index (χ0v) is 25.0.